The summed E-state index contributed by atoms with van der Waals surface area (Å²) in [6.45, 7) is 0. The molecule has 7 heteroatoms. The quantitative estimate of drug-likeness (QED) is 0.213. The molecule has 0 amide bonds. The van der Waals surface area contributed by atoms with E-state index < -0.39 is 13.8 Å². The summed E-state index contributed by atoms with van der Waals surface area (Å²) in [5.41, 5.74) is 0.501. The number of halogens is 1. The van der Waals surface area contributed by atoms with Crippen molar-refractivity contribution in [3.8, 4) is 0 Å². The maximum atomic E-state index is 12.7. The molecule has 4 nitrogen and oxygen atoms in total. The molecule has 102 valence electrons. The van der Waals surface area contributed by atoms with E-state index in [0.717, 1.165) is 11.8 Å². The third-order valence-corrected chi connectivity index (χ3v) is 8.04. The van der Waals surface area contributed by atoms with Gasteiger partial charge in [0.2, 0.25) is 0 Å². The van der Waals surface area contributed by atoms with Crippen molar-refractivity contribution in [2.75, 3.05) is 0 Å². The Morgan fingerprint density at radius 3 is 2.65 bits per heavy atom. The van der Waals surface area contributed by atoms with E-state index >= 15 is 0 Å². The summed E-state index contributed by atoms with van der Waals surface area (Å²) >= 11 is 8.73. The van der Waals surface area contributed by atoms with Gasteiger partial charge in [-0.2, -0.15) is 0 Å². The Kier molecular flexibility index (Phi) is 2.30. The number of ketones is 1. The zero-order valence-corrected chi connectivity index (χ0v) is 12.4. The molecule has 1 aromatic rings. The SMILES string of the molecule is O=C(c1ccccc1)C12C=CC3(Cl)SC3C1([N+](=O)[O-])S2. The van der Waals surface area contributed by atoms with E-state index in [0.29, 0.717) is 5.56 Å². The molecule has 4 unspecified atom stereocenters. The van der Waals surface area contributed by atoms with Crippen LogP contribution in [0.4, 0.5) is 0 Å². The van der Waals surface area contributed by atoms with Gasteiger partial charge in [0.1, 0.15) is 9.46 Å². The van der Waals surface area contributed by atoms with Gasteiger partial charge in [0, 0.05) is 10.5 Å². The summed E-state index contributed by atoms with van der Waals surface area (Å²) < 4.78 is -1.79. The number of fused-ring (bicyclic) bond motifs is 3. The smallest absolute Gasteiger partial charge is 0.292 e. The van der Waals surface area contributed by atoms with Gasteiger partial charge < -0.3 is 0 Å². The topological polar surface area (TPSA) is 60.2 Å². The third kappa shape index (κ3) is 1.30. The molecule has 0 radical (unpaired) electrons. The summed E-state index contributed by atoms with van der Waals surface area (Å²) in [5.74, 6) is -0.206. The second-order valence-corrected chi connectivity index (χ2v) is 8.72. The fraction of sp³-hybridized carbons (Fsp3) is 0.308. The number of Topliss-reactive ketones (excluding diaryl/α,β-unsaturated/α-hetero) is 1. The van der Waals surface area contributed by atoms with E-state index in [1.54, 1.807) is 36.4 Å². The minimum atomic E-state index is -1.30. The molecule has 0 aromatic heterocycles. The largest absolute Gasteiger partial charge is 0.308 e. The molecule has 2 aliphatic heterocycles. The molecule has 3 aliphatic rings. The van der Waals surface area contributed by atoms with Crippen LogP contribution in [0.2, 0.25) is 0 Å². The number of rotatable bonds is 3. The molecule has 4 atom stereocenters. The lowest BCUT2D eigenvalue weighted by Crippen LogP contribution is -2.46. The number of hydrogen-bond acceptors (Lipinski definition) is 5. The number of benzene rings is 1. The first-order valence-electron chi connectivity index (χ1n) is 5.98. The highest BCUT2D eigenvalue weighted by Gasteiger charge is 2.94. The average Bonchev–Trinajstić information content (AvgIpc) is 3.30. The summed E-state index contributed by atoms with van der Waals surface area (Å²) in [7, 11) is 0. The van der Waals surface area contributed by atoms with Crippen molar-refractivity contribution in [2.24, 2.45) is 0 Å². The zero-order chi connectivity index (χ0) is 14.2. The van der Waals surface area contributed by atoms with Crippen LogP contribution < -0.4 is 0 Å². The Morgan fingerprint density at radius 1 is 1.30 bits per heavy atom. The number of hydrogen-bond donors (Lipinski definition) is 0. The van der Waals surface area contributed by atoms with E-state index in [2.05, 4.69) is 0 Å². The second-order valence-electron chi connectivity index (χ2n) is 5.02. The predicted octanol–water partition coefficient (Wildman–Crippen LogP) is 2.95. The molecule has 1 aromatic carbocycles. The van der Waals surface area contributed by atoms with Crippen LogP contribution in [-0.2, 0) is 0 Å². The normalized spacial score (nSPS) is 43.4. The van der Waals surface area contributed by atoms with Crippen molar-refractivity contribution >= 4 is 40.9 Å². The van der Waals surface area contributed by atoms with Crippen LogP contribution in [0, 0.1) is 10.1 Å². The van der Waals surface area contributed by atoms with Gasteiger partial charge in [-0.05, 0) is 11.8 Å². The maximum absolute atomic E-state index is 12.7. The number of nitrogens with zero attached hydrogens (tertiary/aromatic N) is 1. The molecular weight excluding hydrogens is 318 g/mol. The zero-order valence-electron chi connectivity index (χ0n) is 9.99. The number of nitro groups is 1. The fourth-order valence-corrected chi connectivity index (χ4v) is 6.45. The Morgan fingerprint density at radius 2 is 2.00 bits per heavy atom. The second kappa shape index (κ2) is 3.61. The molecule has 20 heavy (non-hydrogen) atoms. The lowest BCUT2D eigenvalue weighted by atomic mass is 9.84. The Hall–Kier alpha value is -0.980. The lowest BCUT2D eigenvalue weighted by Gasteiger charge is -2.17. The molecule has 2 heterocycles. The van der Waals surface area contributed by atoms with Gasteiger partial charge in [0.25, 0.3) is 0 Å². The van der Waals surface area contributed by atoms with Gasteiger partial charge in [0.05, 0.1) is 0 Å². The highest BCUT2D eigenvalue weighted by molar-refractivity contribution is 8.16. The van der Waals surface area contributed by atoms with Crippen LogP contribution in [0.25, 0.3) is 0 Å². The molecular formula is C13H8ClNO3S2. The van der Waals surface area contributed by atoms with Crippen LogP contribution in [-0.4, -0.2) is 29.8 Å². The van der Waals surface area contributed by atoms with Gasteiger partial charge in [-0.3, -0.25) is 14.9 Å². The maximum Gasteiger partial charge on any atom is 0.308 e. The highest BCUT2D eigenvalue weighted by Crippen LogP contribution is 2.82. The monoisotopic (exact) mass is 325 g/mol. The van der Waals surface area contributed by atoms with Crippen molar-refractivity contribution in [1.29, 1.82) is 0 Å². The van der Waals surface area contributed by atoms with Gasteiger partial charge in [-0.25, -0.2) is 0 Å². The van der Waals surface area contributed by atoms with Crippen LogP contribution in [0.5, 0.6) is 0 Å². The standard InChI is InChI=1S/C13H8ClNO3S2/c14-12-7-6-11(9(16)8-4-2-1-3-5-8)13(20-11,15(17)18)10(12)19-12/h1-7,10H. The molecule has 0 spiro atoms. The van der Waals surface area contributed by atoms with Crippen molar-refractivity contribution in [2.45, 2.75) is 19.1 Å². The van der Waals surface area contributed by atoms with Crippen molar-refractivity contribution in [3.63, 3.8) is 0 Å². The summed E-state index contributed by atoms with van der Waals surface area (Å²) in [4.78, 5) is 22.6. The summed E-state index contributed by atoms with van der Waals surface area (Å²) in [6, 6.07) is 8.71. The number of carbonyl (C=O) groups is 1. The minimum absolute atomic E-state index is 0.206. The van der Waals surface area contributed by atoms with Crippen molar-refractivity contribution in [1.82, 2.24) is 0 Å². The van der Waals surface area contributed by atoms with Crippen molar-refractivity contribution in [3.05, 3.63) is 58.2 Å². The first-order chi connectivity index (χ1) is 9.46. The van der Waals surface area contributed by atoms with E-state index in [4.69, 9.17) is 11.6 Å². The van der Waals surface area contributed by atoms with Gasteiger partial charge in [-0.15, -0.1) is 23.4 Å². The van der Waals surface area contributed by atoms with Crippen LogP contribution in [0.3, 0.4) is 0 Å². The highest BCUT2D eigenvalue weighted by atomic mass is 35.5. The number of carbonyl (C=O) groups excluding carboxylic acids is 1. The van der Waals surface area contributed by atoms with E-state index in [-0.39, 0.29) is 16.0 Å². The Labute approximate surface area is 128 Å². The predicted molar refractivity (Wildman–Crippen MR) is 79.9 cm³/mol. The lowest BCUT2D eigenvalue weighted by molar-refractivity contribution is -0.526. The third-order valence-electron chi connectivity index (χ3n) is 3.95. The van der Waals surface area contributed by atoms with Crippen molar-refractivity contribution < 1.29 is 9.72 Å². The van der Waals surface area contributed by atoms with Gasteiger partial charge in [-0.1, -0.05) is 42.5 Å². The van der Waals surface area contributed by atoms with Crippen LogP contribution in [0.15, 0.2) is 42.5 Å². The average molecular weight is 326 g/mol. The molecule has 2 saturated heterocycles. The van der Waals surface area contributed by atoms with Crippen LogP contribution in [0.1, 0.15) is 10.4 Å². The van der Waals surface area contributed by atoms with Crippen LogP contribution >= 0.6 is 35.1 Å². The van der Waals surface area contributed by atoms with E-state index in [1.165, 1.54) is 11.8 Å². The molecule has 1 aliphatic carbocycles. The molecule has 2 fully saturated rings. The van der Waals surface area contributed by atoms with Gasteiger partial charge >= 0.3 is 4.87 Å². The molecule has 0 bridgehead atoms. The summed E-state index contributed by atoms with van der Waals surface area (Å²) in [6.07, 6.45) is 3.38. The minimum Gasteiger partial charge on any atom is -0.292 e. The Bertz CT molecular complexity index is 681. The number of alkyl halides is 1. The molecule has 4 rings (SSSR count). The molecule has 0 saturated carbocycles. The number of thioether (sulfide) groups is 2. The van der Waals surface area contributed by atoms with E-state index in [9.17, 15) is 14.9 Å². The van der Waals surface area contributed by atoms with Gasteiger partial charge in [0.15, 0.2) is 10.5 Å². The van der Waals surface area contributed by atoms with E-state index in [1.807, 2.05) is 6.07 Å². The summed E-state index contributed by atoms with van der Waals surface area (Å²) in [5, 5.41) is 11.2. The first-order valence-corrected chi connectivity index (χ1v) is 8.05. The fourth-order valence-electron chi connectivity index (χ4n) is 2.83. The first kappa shape index (κ1) is 12.7. The molecule has 0 N–H and O–H groups in total. The Balaban J connectivity index is 1.81.